The first-order chi connectivity index (χ1) is 6.29. The van der Waals surface area contributed by atoms with E-state index in [1.165, 1.54) is 11.5 Å². The van der Waals surface area contributed by atoms with Crippen molar-refractivity contribution in [1.82, 2.24) is 9.36 Å². The van der Waals surface area contributed by atoms with Crippen molar-refractivity contribution < 1.29 is 5.11 Å². The zero-order valence-electron chi connectivity index (χ0n) is 7.06. The van der Waals surface area contributed by atoms with E-state index >= 15 is 0 Å². The third-order valence-corrected chi connectivity index (χ3v) is 2.68. The maximum atomic E-state index is 9.60. The summed E-state index contributed by atoms with van der Waals surface area (Å²) in [4.78, 5) is 4.87. The number of pyridine rings is 1. The van der Waals surface area contributed by atoms with Gasteiger partial charge in [-0.3, -0.25) is 4.98 Å². The Kier molecular flexibility index (Phi) is 1.98. The van der Waals surface area contributed by atoms with Gasteiger partial charge in [0, 0.05) is 6.20 Å². The second kappa shape index (κ2) is 3.14. The Morgan fingerprint density at radius 1 is 1.38 bits per heavy atom. The molecule has 3 nitrogen and oxygen atoms in total. The quantitative estimate of drug-likeness (QED) is 0.753. The Hall–Kier alpha value is -1.42. The minimum absolute atomic E-state index is 0.240. The van der Waals surface area contributed by atoms with E-state index in [9.17, 15) is 5.11 Å². The van der Waals surface area contributed by atoms with Crippen molar-refractivity contribution in [3.63, 3.8) is 0 Å². The lowest BCUT2D eigenvalue weighted by atomic mass is 10.2. The predicted molar refractivity (Wildman–Crippen MR) is 51.7 cm³/mol. The first-order valence-corrected chi connectivity index (χ1v) is 4.63. The molecule has 0 fully saturated rings. The summed E-state index contributed by atoms with van der Waals surface area (Å²) < 4.78 is 4.04. The van der Waals surface area contributed by atoms with Crippen LogP contribution < -0.4 is 0 Å². The molecule has 0 spiro atoms. The lowest BCUT2D eigenvalue weighted by Gasteiger charge is -1.95. The van der Waals surface area contributed by atoms with Gasteiger partial charge >= 0.3 is 0 Å². The van der Waals surface area contributed by atoms with Crippen LogP contribution in [0.15, 0.2) is 24.4 Å². The molecule has 0 aliphatic carbocycles. The highest BCUT2D eigenvalue weighted by atomic mass is 32.1. The van der Waals surface area contributed by atoms with E-state index in [2.05, 4.69) is 9.36 Å². The van der Waals surface area contributed by atoms with Crippen molar-refractivity contribution in [2.24, 2.45) is 0 Å². The van der Waals surface area contributed by atoms with Crippen LogP contribution in [0.2, 0.25) is 0 Å². The highest BCUT2D eigenvalue weighted by Gasteiger charge is 2.11. The molecule has 2 heterocycles. The summed E-state index contributed by atoms with van der Waals surface area (Å²) in [6.45, 7) is 1.78. The van der Waals surface area contributed by atoms with E-state index in [4.69, 9.17) is 0 Å². The van der Waals surface area contributed by atoms with Gasteiger partial charge in [0.05, 0.1) is 11.4 Å². The summed E-state index contributed by atoms with van der Waals surface area (Å²) in [5.74, 6) is 0.240. The first kappa shape index (κ1) is 8.19. The number of aromatic hydroxyl groups is 1. The molecule has 1 N–H and O–H groups in total. The van der Waals surface area contributed by atoms with Gasteiger partial charge in [-0.2, -0.15) is 4.37 Å². The molecule has 0 unspecified atom stereocenters. The summed E-state index contributed by atoms with van der Waals surface area (Å²) in [6.07, 6.45) is 1.70. The SMILES string of the molecule is Cc1nsc(-c2ccccn2)c1O. The standard InChI is InChI=1S/C9H8N2OS/c1-6-8(12)9(13-11-6)7-4-2-3-5-10-7/h2-5,12H,1H3. The smallest absolute Gasteiger partial charge is 0.158 e. The molecule has 0 aliphatic heterocycles. The van der Waals surface area contributed by atoms with Crippen LogP contribution in [0.3, 0.4) is 0 Å². The van der Waals surface area contributed by atoms with E-state index in [1.54, 1.807) is 13.1 Å². The van der Waals surface area contributed by atoms with E-state index in [1.807, 2.05) is 18.2 Å². The molecular formula is C9H8N2OS. The fourth-order valence-corrected chi connectivity index (χ4v) is 1.79. The summed E-state index contributed by atoms with van der Waals surface area (Å²) in [7, 11) is 0. The number of hydrogen-bond acceptors (Lipinski definition) is 4. The molecule has 2 aromatic rings. The molecule has 0 radical (unpaired) electrons. The molecule has 0 bridgehead atoms. The molecule has 13 heavy (non-hydrogen) atoms. The maximum absolute atomic E-state index is 9.60. The molecule has 0 saturated heterocycles. The molecule has 2 rings (SSSR count). The molecule has 0 saturated carbocycles. The molecule has 66 valence electrons. The van der Waals surface area contributed by atoms with Gasteiger partial charge in [0.1, 0.15) is 4.88 Å². The second-order valence-corrected chi connectivity index (χ2v) is 3.43. The summed E-state index contributed by atoms with van der Waals surface area (Å²) in [5.41, 5.74) is 1.43. The molecular weight excluding hydrogens is 184 g/mol. The van der Waals surface area contributed by atoms with Crippen LogP contribution in [0, 0.1) is 6.92 Å². The Morgan fingerprint density at radius 3 is 2.77 bits per heavy atom. The van der Waals surface area contributed by atoms with Gasteiger partial charge in [-0.15, -0.1) is 0 Å². The average Bonchev–Trinajstić information content (AvgIpc) is 2.49. The van der Waals surface area contributed by atoms with Crippen LogP contribution in [-0.2, 0) is 0 Å². The number of aryl methyl sites for hydroxylation is 1. The van der Waals surface area contributed by atoms with Crippen LogP contribution in [0.25, 0.3) is 10.6 Å². The van der Waals surface area contributed by atoms with Gasteiger partial charge in [0.2, 0.25) is 0 Å². The molecule has 0 aromatic carbocycles. The van der Waals surface area contributed by atoms with Gasteiger partial charge in [0.25, 0.3) is 0 Å². The zero-order chi connectivity index (χ0) is 9.26. The highest BCUT2D eigenvalue weighted by molar-refractivity contribution is 7.10. The monoisotopic (exact) mass is 192 g/mol. The van der Waals surface area contributed by atoms with Crippen LogP contribution in [-0.4, -0.2) is 14.5 Å². The van der Waals surface area contributed by atoms with Crippen molar-refractivity contribution in [2.45, 2.75) is 6.92 Å². The highest BCUT2D eigenvalue weighted by Crippen LogP contribution is 2.33. The van der Waals surface area contributed by atoms with Crippen LogP contribution >= 0.6 is 11.5 Å². The number of aromatic nitrogens is 2. The van der Waals surface area contributed by atoms with Crippen LogP contribution in [0.5, 0.6) is 5.75 Å². The van der Waals surface area contributed by atoms with E-state index in [-0.39, 0.29) is 5.75 Å². The van der Waals surface area contributed by atoms with Crippen molar-refractivity contribution in [3.05, 3.63) is 30.1 Å². The minimum Gasteiger partial charge on any atom is -0.504 e. The Balaban J connectivity index is 2.53. The number of hydrogen-bond donors (Lipinski definition) is 1. The van der Waals surface area contributed by atoms with Crippen LogP contribution in [0.4, 0.5) is 0 Å². The summed E-state index contributed by atoms with van der Waals surface area (Å²) in [6, 6.07) is 5.58. The van der Waals surface area contributed by atoms with Gasteiger partial charge < -0.3 is 5.11 Å². The van der Waals surface area contributed by atoms with Gasteiger partial charge in [-0.25, -0.2) is 0 Å². The molecule has 4 heteroatoms. The fraction of sp³-hybridized carbons (Fsp3) is 0.111. The normalized spacial score (nSPS) is 10.2. The number of rotatable bonds is 1. The van der Waals surface area contributed by atoms with E-state index < -0.39 is 0 Å². The first-order valence-electron chi connectivity index (χ1n) is 3.85. The molecule has 0 aliphatic rings. The van der Waals surface area contributed by atoms with Crippen molar-refractivity contribution in [2.75, 3.05) is 0 Å². The van der Waals surface area contributed by atoms with E-state index in [0.717, 1.165) is 10.6 Å². The second-order valence-electron chi connectivity index (χ2n) is 2.66. The Morgan fingerprint density at radius 2 is 2.23 bits per heavy atom. The topological polar surface area (TPSA) is 46.0 Å². The van der Waals surface area contributed by atoms with Crippen molar-refractivity contribution in [1.29, 1.82) is 0 Å². The van der Waals surface area contributed by atoms with Gasteiger partial charge in [0.15, 0.2) is 5.75 Å². The van der Waals surface area contributed by atoms with Crippen molar-refractivity contribution in [3.8, 4) is 16.3 Å². The lowest BCUT2D eigenvalue weighted by molar-refractivity contribution is 0.473. The predicted octanol–water partition coefficient (Wildman–Crippen LogP) is 2.22. The van der Waals surface area contributed by atoms with E-state index in [0.29, 0.717) is 5.69 Å². The minimum atomic E-state index is 0.240. The van der Waals surface area contributed by atoms with Crippen LogP contribution in [0.1, 0.15) is 5.69 Å². The van der Waals surface area contributed by atoms with Gasteiger partial charge in [-0.1, -0.05) is 6.07 Å². The summed E-state index contributed by atoms with van der Waals surface area (Å²) in [5, 5.41) is 9.60. The largest absolute Gasteiger partial charge is 0.504 e. The van der Waals surface area contributed by atoms with Gasteiger partial charge in [-0.05, 0) is 30.6 Å². The fourth-order valence-electron chi connectivity index (χ4n) is 1.03. The molecule has 2 aromatic heterocycles. The number of nitrogens with zero attached hydrogens (tertiary/aromatic N) is 2. The zero-order valence-corrected chi connectivity index (χ0v) is 7.88. The summed E-state index contributed by atoms with van der Waals surface area (Å²) >= 11 is 1.27. The maximum Gasteiger partial charge on any atom is 0.158 e. The molecule has 0 amide bonds. The third-order valence-electron chi connectivity index (χ3n) is 1.73. The van der Waals surface area contributed by atoms with Crippen molar-refractivity contribution >= 4 is 11.5 Å². The lowest BCUT2D eigenvalue weighted by Crippen LogP contribution is -1.77. The molecule has 0 atom stereocenters. The average molecular weight is 192 g/mol. The third kappa shape index (κ3) is 1.40. The Bertz CT molecular complexity index is 411. The Labute approximate surface area is 79.9 Å².